The molecule has 1 aliphatic heterocycles. The topological polar surface area (TPSA) is 73.1 Å². The molecule has 1 saturated heterocycles. The standard InChI is InChI=1S/C18H17N5O2/c24-18(15-7-4-8-16(11-15)23-13-19-20-21-23)22-9-10-25-17(12-22)14-5-2-1-3-6-14/h1-8,11,13,17H,9-10,12H2/t17-/m0/s1. The number of rotatable bonds is 3. The van der Waals surface area contributed by atoms with Crippen molar-refractivity contribution in [2.45, 2.75) is 6.10 Å². The van der Waals surface area contributed by atoms with E-state index in [9.17, 15) is 4.79 Å². The third-order valence-corrected chi connectivity index (χ3v) is 4.23. The molecule has 0 aliphatic carbocycles. The first-order chi connectivity index (χ1) is 12.3. The maximum Gasteiger partial charge on any atom is 0.254 e. The van der Waals surface area contributed by atoms with Crippen LogP contribution in [0.3, 0.4) is 0 Å². The van der Waals surface area contributed by atoms with E-state index in [0.717, 1.165) is 11.3 Å². The van der Waals surface area contributed by atoms with Crippen molar-refractivity contribution in [3.63, 3.8) is 0 Å². The second-order valence-electron chi connectivity index (χ2n) is 5.83. The lowest BCUT2D eigenvalue weighted by molar-refractivity contribution is -0.0228. The minimum Gasteiger partial charge on any atom is -0.370 e. The van der Waals surface area contributed by atoms with Crippen molar-refractivity contribution in [3.05, 3.63) is 72.1 Å². The van der Waals surface area contributed by atoms with E-state index in [2.05, 4.69) is 15.5 Å². The zero-order chi connectivity index (χ0) is 17.1. The van der Waals surface area contributed by atoms with Gasteiger partial charge in [0.1, 0.15) is 12.4 Å². The van der Waals surface area contributed by atoms with Gasteiger partial charge >= 0.3 is 0 Å². The molecule has 1 aliphatic rings. The Morgan fingerprint density at radius 1 is 1.12 bits per heavy atom. The highest BCUT2D eigenvalue weighted by Gasteiger charge is 2.26. The monoisotopic (exact) mass is 335 g/mol. The van der Waals surface area contributed by atoms with E-state index in [1.165, 1.54) is 11.0 Å². The molecular formula is C18H17N5O2. The van der Waals surface area contributed by atoms with Crippen LogP contribution in [0.1, 0.15) is 22.0 Å². The Bertz CT molecular complexity index is 851. The molecule has 4 rings (SSSR count). The Morgan fingerprint density at radius 2 is 2.00 bits per heavy atom. The van der Waals surface area contributed by atoms with Gasteiger partial charge in [-0.3, -0.25) is 4.79 Å². The highest BCUT2D eigenvalue weighted by atomic mass is 16.5. The minimum atomic E-state index is -0.0957. The molecule has 2 heterocycles. The van der Waals surface area contributed by atoms with Crippen molar-refractivity contribution in [2.24, 2.45) is 0 Å². The van der Waals surface area contributed by atoms with Gasteiger partial charge in [-0.2, -0.15) is 0 Å². The molecule has 1 aromatic heterocycles. The Kier molecular flexibility index (Phi) is 4.22. The summed E-state index contributed by atoms with van der Waals surface area (Å²) < 4.78 is 7.37. The number of hydrogen-bond acceptors (Lipinski definition) is 5. The van der Waals surface area contributed by atoms with E-state index >= 15 is 0 Å². The molecular weight excluding hydrogens is 318 g/mol. The Balaban J connectivity index is 1.53. The summed E-state index contributed by atoms with van der Waals surface area (Å²) in [6.07, 6.45) is 1.41. The minimum absolute atomic E-state index is 0.0147. The molecule has 0 radical (unpaired) electrons. The summed E-state index contributed by atoms with van der Waals surface area (Å²) in [5.41, 5.74) is 2.45. The van der Waals surface area contributed by atoms with Gasteiger partial charge in [-0.15, -0.1) is 5.10 Å². The first kappa shape index (κ1) is 15.5. The fraction of sp³-hybridized carbons (Fsp3) is 0.222. The van der Waals surface area contributed by atoms with Crippen LogP contribution in [0.25, 0.3) is 5.69 Å². The van der Waals surface area contributed by atoms with Crippen LogP contribution in [0.4, 0.5) is 0 Å². The zero-order valence-electron chi connectivity index (χ0n) is 13.5. The van der Waals surface area contributed by atoms with Gasteiger partial charge in [-0.1, -0.05) is 36.4 Å². The van der Waals surface area contributed by atoms with Gasteiger partial charge in [-0.25, -0.2) is 4.68 Å². The van der Waals surface area contributed by atoms with Crippen LogP contribution in [-0.4, -0.2) is 50.7 Å². The van der Waals surface area contributed by atoms with Crippen molar-refractivity contribution < 1.29 is 9.53 Å². The smallest absolute Gasteiger partial charge is 0.254 e. The average Bonchev–Trinajstić information content (AvgIpc) is 3.23. The highest BCUT2D eigenvalue weighted by Crippen LogP contribution is 2.23. The van der Waals surface area contributed by atoms with E-state index in [4.69, 9.17) is 4.74 Å². The van der Waals surface area contributed by atoms with Crippen molar-refractivity contribution in [1.29, 1.82) is 0 Å². The molecule has 1 amide bonds. The van der Waals surface area contributed by atoms with Gasteiger partial charge in [0, 0.05) is 12.1 Å². The van der Waals surface area contributed by atoms with E-state index in [1.807, 2.05) is 53.4 Å². The number of carbonyl (C=O) groups is 1. The number of amides is 1. The summed E-state index contributed by atoms with van der Waals surface area (Å²) in [7, 11) is 0. The van der Waals surface area contributed by atoms with E-state index < -0.39 is 0 Å². The Hall–Kier alpha value is -3.06. The largest absolute Gasteiger partial charge is 0.370 e. The molecule has 0 bridgehead atoms. The lowest BCUT2D eigenvalue weighted by Crippen LogP contribution is -2.42. The normalized spacial score (nSPS) is 17.4. The predicted octanol–water partition coefficient (Wildman–Crippen LogP) is 1.88. The van der Waals surface area contributed by atoms with Gasteiger partial charge in [0.2, 0.25) is 0 Å². The molecule has 0 unspecified atom stereocenters. The maximum atomic E-state index is 12.9. The van der Waals surface area contributed by atoms with E-state index in [-0.39, 0.29) is 12.0 Å². The molecule has 7 nitrogen and oxygen atoms in total. The second kappa shape index (κ2) is 6.82. The summed E-state index contributed by atoms with van der Waals surface area (Å²) >= 11 is 0. The van der Waals surface area contributed by atoms with E-state index in [0.29, 0.717) is 25.3 Å². The van der Waals surface area contributed by atoms with Crippen molar-refractivity contribution in [1.82, 2.24) is 25.1 Å². The maximum absolute atomic E-state index is 12.9. The van der Waals surface area contributed by atoms with Crippen LogP contribution < -0.4 is 0 Å². The summed E-state index contributed by atoms with van der Waals surface area (Å²) in [4.78, 5) is 14.7. The Morgan fingerprint density at radius 3 is 2.80 bits per heavy atom. The van der Waals surface area contributed by atoms with Crippen LogP contribution in [0.5, 0.6) is 0 Å². The van der Waals surface area contributed by atoms with Crippen LogP contribution in [-0.2, 0) is 4.74 Å². The molecule has 0 N–H and O–H groups in total. The van der Waals surface area contributed by atoms with Crippen molar-refractivity contribution in [3.8, 4) is 5.69 Å². The summed E-state index contributed by atoms with van der Waals surface area (Å²) in [5, 5.41) is 11.1. The number of morpholine rings is 1. The molecule has 0 spiro atoms. The number of nitrogens with zero attached hydrogens (tertiary/aromatic N) is 5. The third kappa shape index (κ3) is 3.27. The second-order valence-corrected chi connectivity index (χ2v) is 5.83. The molecule has 2 aromatic carbocycles. The van der Waals surface area contributed by atoms with Gasteiger partial charge in [-0.05, 0) is 34.2 Å². The molecule has 1 fully saturated rings. The van der Waals surface area contributed by atoms with Crippen LogP contribution >= 0.6 is 0 Å². The van der Waals surface area contributed by atoms with E-state index in [1.54, 1.807) is 6.07 Å². The molecule has 1 atom stereocenters. The highest BCUT2D eigenvalue weighted by molar-refractivity contribution is 5.94. The van der Waals surface area contributed by atoms with Gasteiger partial charge in [0.15, 0.2) is 0 Å². The number of hydrogen-bond donors (Lipinski definition) is 0. The summed E-state index contributed by atoms with van der Waals surface area (Å²) in [6.45, 7) is 1.65. The number of tetrazole rings is 1. The lowest BCUT2D eigenvalue weighted by atomic mass is 10.1. The Labute approximate surface area is 144 Å². The van der Waals surface area contributed by atoms with Gasteiger partial charge in [0.05, 0.1) is 18.8 Å². The van der Waals surface area contributed by atoms with Gasteiger partial charge < -0.3 is 9.64 Å². The molecule has 0 saturated carbocycles. The SMILES string of the molecule is O=C(c1cccc(-n2cnnn2)c1)N1CCO[C@H](c2ccccc2)C1. The van der Waals surface area contributed by atoms with Crippen LogP contribution in [0.2, 0.25) is 0 Å². The third-order valence-electron chi connectivity index (χ3n) is 4.23. The van der Waals surface area contributed by atoms with Crippen LogP contribution in [0, 0.1) is 0 Å². The fourth-order valence-electron chi connectivity index (χ4n) is 2.95. The first-order valence-corrected chi connectivity index (χ1v) is 8.10. The van der Waals surface area contributed by atoms with Crippen molar-refractivity contribution >= 4 is 5.91 Å². The summed E-state index contributed by atoms with van der Waals surface area (Å²) in [6, 6.07) is 17.3. The number of benzene rings is 2. The quantitative estimate of drug-likeness (QED) is 0.731. The fourth-order valence-corrected chi connectivity index (χ4v) is 2.95. The molecule has 25 heavy (non-hydrogen) atoms. The lowest BCUT2D eigenvalue weighted by Gasteiger charge is -2.33. The van der Waals surface area contributed by atoms with Crippen molar-refractivity contribution in [2.75, 3.05) is 19.7 Å². The number of ether oxygens (including phenoxy) is 1. The van der Waals surface area contributed by atoms with Gasteiger partial charge in [0.25, 0.3) is 5.91 Å². The molecule has 3 aromatic rings. The average molecular weight is 335 g/mol. The predicted molar refractivity (Wildman–Crippen MR) is 90.2 cm³/mol. The molecule has 7 heteroatoms. The molecule has 126 valence electrons. The number of carbonyl (C=O) groups excluding carboxylic acids is 1. The zero-order valence-corrected chi connectivity index (χ0v) is 13.5. The first-order valence-electron chi connectivity index (χ1n) is 8.10. The number of aromatic nitrogens is 4. The van der Waals surface area contributed by atoms with Crippen LogP contribution in [0.15, 0.2) is 60.9 Å². The summed E-state index contributed by atoms with van der Waals surface area (Å²) in [5.74, 6) is -0.0147.